The standard InChI is InChI=1S/C19H19ClN4O2S/c1-14-18(12-21-23-27(25,26)17-9-4-3-5-10-17)15(2)24(22-14)13-16-8-6-7-11-19(16)20/h3-12,23H,13H2,1-2H3. The molecule has 0 amide bonds. The molecule has 0 atom stereocenters. The summed E-state index contributed by atoms with van der Waals surface area (Å²) in [6.07, 6.45) is 1.47. The first-order valence-corrected chi connectivity index (χ1v) is 10.1. The Morgan fingerprint density at radius 2 is 1.78 bits per heavy atom. The van der Waals surface area contributed by atoms with Crippen LogP contribution in [-0.2, 0) is 16.6 Å². The van der Waals surface area contributed by atoms with Gasteiger partial charge in [-0.15, -0.1) is 0 Å². The first kappa shape index (κ1) is 19.1. The van der Waals surface area contributed by atoms with Gasteiger partial charge in [0.25, 0.3) is 10.0 Å². The van der Waals surface area contributed by atoms with E-state index in [0.29, 0.717) is 11.6 Å². The molecule has 0 saturated carbocycles. The van der Waals surface area contributed by atoms with Crippen LogP contribution in [0.5, 0.6) is 0 Å². The molecule has 0 bridgehead atoms. The Hall–Kier alpha value is -2.64. The molecule has 0 radical (unpaired) electrons. The summed E-state index contributed by atoms with van der Waals surface area (Å²) in [7, 11) is -3.70. The van der Waals surface area contributed by atoms with Crippen molar-refractivity contribution in [3.8, 4) is 0 Å². The van der Waals surface area contributed by atoms with Crippen LogP contribution in [0.4, 0.5) is 0 Å². The van der Waals surface area contributed by atoms with Crippen LogP contribution in [-0.4, -0.2) is 24.4 Å². The highest BCUT2D eigenvalue weighted by atomic mass is 35.5. The Bertz CT molecular complexity index is 1080. The molecule has 2 aromatic carbocycles. The summed E-state index contributed by atoms with van der Waals surface area (Å²) in [5.41, 5.74) is 3.34. The van der Waals surface area contributed by atoms with Crippen molar-refractivity contribution in [2.24, 2.45) is 5.10 Å². The number of halogens is 1. The van der Waals surface area contributed by atoms with Gasteiger partial charge >= 0.3 is 0 Å². The number of sulfonamides is 1. The highest BCUT2D eigenvalue weighted by molar-refractivity contribution is 7.89. The Morgan fingerprint density at radius 1 is 1.11 bits per heavy atom. The molecule has 0 aliphatic rings. The molecule has 0 aliphatic heterocycles. The van der Waals surface area contributed by atoms with Crippen molar-refractivity contribution in [2.75, 3.05) is 0 Å². The zero-order valence-electron chi connectivity index (χ0n) is 14.9. The van der Waals surface area contributed by atoms with Crippen molar-refractivity contribution in [3.05, 3.63) is 82.1 Å². The van der Waals surface area contributed by atoms with Crippen LogP contribution in [0.1, 0.15) is 22.5 Å². The minimum atomic E-state index is -3.70. The maximum atomic E-state index is 12.2. The Labute approximate surface area is 163 Å². The number of aromatic nitrogens is 2. The van der Waals surface area contributed by atoms with E-state index < -0.39 is 10.0 Å². The fourth-order valence-corrected chi connectivity index (χ4v) is 3.66. The number of hydrogen-bond donors (Lipinski definition) is 1. The van der Waals surface area contributed by atoms with E-state index in [1.165, 1.54) is 18.3 Å². The van der Waals surface area contributed by atoms with E-state index in [-0.39, 0.29) is 4.90 Å². The van der Waals surface area contributed by atoms with Crippen molar-refractivity contribution in [1.82, 2.24) is 14.6 Å². The second-order valence-electron chi connectivity index (χ2n) is 6.00. The Kier molecular flexibility index (Phi) is 5.62. The second-order valence-corrected chi connectivity index (χ2v) is 8.07. The summed E-state index contributed by atoms with van der Waals surface area (Å²) < 4.78 is 26.3. The van der Waals surface area contributed by atoms with E-state index in [9.17, 15) is 8.42 Å². The summed E-state index contributed by atoms with van der Waals surface area (Å²) in [6, 6.07) is 15.7. The van der Waals surface area contributed by atoms with Gasteiger partial charge in [-0.25, -0.2) is 4.83 Å². The largest absolute Gasteiger partial charge is 0.276 e. The molecule has 3 rings (SSSR count). The number of hydrogen-bond acceptors (Lipinski definition) is 4. The maximum absolute atomic E-state index is 12.2. The highest BCUT2D eigenvalue weighted by Gasteiger charge is 2.13. The van der Waals surface area contributed by atoms with Crippen molar-refractivity contribution in [1.29, 1.82) is 0 Å². The molecule has 27 heavy (non-hydrogen) atoms. The van der Waals surface area contributed by atoms with E-state index in [0.717, 1.165) is 22.5 Å². The quantitative estimate of drug-likeness (QED) is 0.506. The monoisotopic (exact) mass is 402 g/mol. The van der Waals surface area contributed by atoms with Gasteiger partial charge in [0.1, 0.15) is 0 Å². The van der Waals surface area contributed by atoms with Crippen molar-refractivity contribution < 1.29 is 8.42 Å². The number of nitrogens with one attached hydrogen (secondary N) is 1. The van der Waals surface area contributed by atoms with Crippen LogP contribution in [0.3, 0.4) is 0 Å². The van der Waals surface area contributed by atoms with Gasteiger partial charge in [0, 0.05) is 16.3 Å². The van der Waals surface area contributed by atoms with Gasteiger partial charge in [-0.3, -0.25) is 4.68 Å². The first-order valence-electron chi connectivity index (χ1n) is 8.26. The van der Waals surface area contributed by atoms with Crippen molar-refractivity contribution in [2.45, 2.75) is 25.3 Å². The Morgan fingerprint density at radius 3 is 2.48 bits per heavy atom. The van der Waals surface area contributed by atoms with E-state index >= 15 is 0 Å². The summed E-state index contributed by atoms with van der Waals surface area (Å²) in [6.45, 7) is 4.28. The van der Waals surface area contributed by atoms with Gasteiger partial charge in [0.2, 0.25) is 0 Å². The SMILES string of the molecule is Cc1nn(Cc2ccccc2Cl)c(C)c1C=NNS(=O)(=O)c1ccccc1. The lowest BCUT2D eigenvalue weighted by molar-refractivity contribution is 0.584. The predicted molar refractivity (Wildman–Crippen MR) is 107 cm³/mol. The number of aryl methyl sites for hydroxylation is 1. The maximum Gasteiger partial charge on any atom is 0.276 e. The van der Waals surface area contributed by atoms with Gasteiger partial charge in [-0.2, -0.15) is 18.6 Å². The Balaban J connectivity index is 1.79. The summed E-state index contributed by atoms with van der Waals surface area (Å²) in [5, 5.41) is 9.09. The lowest BCUT2D eigenvalue weighted by atomic mass is 10.2. The van der Waals surface area contributed by atoms with Crippen LogP contribution in [0.25, 0.3) is 0 Å². The van der Waals surface area contributed by atoms with Crippen LogP contribution >= 0.6 is 11.6 Å². The molecule has 1 aromatic heterocycles. The number of hydrazone groups is 1. The van der Waals surface area contributed by atoms with Crippen LogP contribution < -0.4 is 4.83 Å². The van der Waals surface area contributed by atoms with Gasteiger partial charge in [-0.05, 0) is 37.6 Å². The zero-order valence-corrected chi connectivity index (χ0v) is 16.5. The first-order chi connectivity index (χ1) is 12.9. The molecular weight excluding hydrogens is 384 g/mol. The average Bonchev–Trinajstić information content (AvgIpc) is 2.92. The lowest BCUT2D eigenvalue weighted by Crippen LogP contribution is -2.18. The summed E-state index contributed by atoms with van der Waals surface area (Å²) in [5.74, 6) is 0. The van der Waals surface area contributed by atoms with Crippen LogP contribution in [0, 0.1) is 13.8 Å². The van der Waals surface area contributed by atoms with E-state index in [1.807, 2.05) is 42.8 Å². The van der Waals surface area contributed by atoms with Crippen molar-refractivity contribution in [3.63, 3.8) is 0 Å². The molecule has 0 aliphatic carbocycles. The topological polar surface area (TPSA) is 76.3 Å². The zero-order chi connectivity index (χ0) is 19.4. The predicted octanol–water partition coefficient (Wildman–Crippen LogP) is 3.51. The molecule has 0 unspecified atom stereocenters. The number of rotatable bonds is 6. The average molecular weight is 403 g/mol. The summed E-state index contributed by atoms with van der Waals surface area (Å²) in [4.78, 5) is 2.39. The third kappa shape index (κ3) is 4.37. The molecule has 1 heterocycles. The molecular formula is C19H19ClN4O2S. The molecule has 6 nitrogen and oxygen atoms in total. The van der Waals surface area contributed by atoms with Crippen molar-refractivity contribution >= 4 is 27.8 Å². The van der Waals surface area contributed by atoms with Gasteiger partial charge in [0.15, 0.2) is 0 Å². The molecule has 0 spiro atoms. The fraction of sp³-hybridized carbons (Fsp3) is 0.158. The number of benzene rings is 2. The minimum Gasteiger partial charge on any atom is -0.264 e. The number of nitrogens with zero attached hydrogens (tertiary/aromatic N) is 3. The van der Waals surface area contributed by atoms with E-state index in [4.69, 9.17) is 11.6 Å². The van der Waals surface area contributed by atoms with Gasteiger partial charge in [-0.1, -0.05) is 48.0 Å². The third-order valence-corrected chi connectivity index (χ3v) is 5.74. The van der Waals surface area contributed by atoms with Crippen LogP contribution in [0.2, 0.25) is 5.02 Å². The second kappa shape index (κ2) is 7.94. The molecule has 8 heteroatoms. The minimum absolute atomic E-state index is 0.157. The molecule has 140 valence electrons. The van der Waals surface area contributed by atoms with E-state index in [2.05, 4.69) is 15.0 Å². The highest BCUT2D eigenvalue weighted by Crippen LogP contribution is 2.18. The molecule has 1 N–H and O–H groups in total. The summed E-state index contributed by atoms with van der Waals surface area (Å²) >= 11 is 6.22. The van der Waals surface area contributed by atoms with Crippen LogP contribution in [0.15, 0.2) is 64.6 Å². The smallest absolute Gasteiger partial charge is 0.264 e. The lowest BCUT2D eigenvalue weighted by Gasteiger charge is -2.06. The molecule has 0 saturated heterocycles. The third-order valence-electron chi connectivity index (χ3n) is 4.14. The normalized spacial score (nSPS) is 11.8. The molecule has 0 fully saturated rings. The van der Waals surface area contributed by atoms with Gasteiger partial charge in [0.05, 0.1) is 23.3 Å². The van der Waals surface area contributed by atoms with E-state index in [1.54, 1.807) is 18.2 Å². The van der Waals surface area contributed by atoms with Gasteiger partial charge < -0.3 is 0 Å². The fourth-order valence-electron chi connectivity index (χ4n) is 2.65. The molecule has 3 aromatic rings.